The molecule has 0 unspecified atom stereocenters. The third-order valence-corrected chi connectivity index (χ3v) is 2.80. The molecule has 2 N–H and O–H groups in total. The maximum Gasteiger partial charge on any atom is 0.275 e. The highest BCUT2D eigenvalue weighted by Gasteiger charge is 2.14. The fraction of sp³-hybridized carbons (Fsp3) is 0.0769. The normalized spacial score (nSPS) is 10.2. The molecule has 1 aromatic carbocycles. The van der Waals surface area contributed by atoms with E-state index < -0.39 is 17.5 Å². The van der Waals surface area contributed by atoms with Crippen molar-refractivity contribution in [3.05, 3.63) is 52.7 Å². The van der Waals surface area contributed by atoms with E-state index in [1.165, 1.54) is 12.1 Å². The lowest BCUT2D eigenvalue weighted by Gasteiger charge is -2.08. The van der Waals surface area contributed by atoms with Gasteiger partial charge < -0.3 is 10.6 Å². The first kappa shape index (κ1) is 14.2. The lowest BCUT2D eigenvalue weighted by atomic mass is 10.2. The average molecular weight is 298 g/mol. The molecule has 0 aliphatic carbocycles. The van der Waals surface area contributed by atoms with Crippen LogP contribution in [0.4, 0.5) is 20.3 Å². The third kappa shape index (κ3) is 3.03. The zero-order chi connectivity index (χ0) is 14.7. The lowest BCUT2D eigenvalue weighted by Crippen LogP contribution is -2.15. The van der Waals surface area contributed by atoms with Gasteiger partial charge in [-0.3, -0.25) is 4.79 Å². The Bertz CT molecular complexity index is 664. The number of nitrogens with zero attached hydrogens (tertiary/aromatic N) is 1. The zero-order valence-electron chi connectivity index (χ0n) is 10.4. The summed E-state index contributed by atoms with van der Waals surface area (Å²) in [4.78, 5) is 16.0. The first-order chi connectivity index (χ1) is 9.51. The van der Waals surface area contributed by atoms with Gasteiger partial charge in [0.1, 0.15) is 11.5 Å². The molecule has 2 aromatic rings. The maximum absolute atomic E-state index is 13.1. The summed E-state index contributed by atoms with van der Waals surface area (Å²) in [5, 5.41) is 5.33. The van der Waals surface area contributed by atoms with Crippen molar-refractivity contribution in [3.8, 4) is 0 Å². The highest BCUT2D eigenvalue weighted by Crippen LogP contribution is 2.19. The number of benzene rings is 1. The first-order valence-corrected chi connectivity index (χ1v) is 5.99. The zero-order valence-corrected chi connectivity index (χ0v) is 11.1. The predicted octanol–water partition coefficient (Wildman–Crippen LogP) is 3.31. The summed E-state index contributed by atoms with van der Waals surface area (Å²) < 4.78 is 25.8. The van der Waals surface area contributed by atoms with Crippen LogP contribution in [0.15, 0.2) is 30.3 Å². The second-order valence-electron chi connectivity index (χ2n) is 3.86. The molecule has 7 heteroatoms. The van der Waals surface area contributed by atoms with Crippen LogP contribution in [0.2, 0.25) is 5.02 Å². The van der Waals surface area contributed by atoms with Crippen LogP contribution in [0.5, 0.6) is 0 Å². The molecule has 0 aliphatic heterocycles. The van der Waals surface area contributed by atoms with E-state index in [0.717, 1.165) is 12.1 Å². The number of rotatable bonds is 3. The van der Waals surface area contributed by atoms with Crippen molar-refractivity contribution in [1.82, 2.24) is 4.98 Å². The van der Waals surface area contributed by atoms with Crippen LogP contribution in [0.25, 0.3) is 0 Å². The molecule has 4 nitrogen and oxygen atoms in total. The Morgan fingerprint density at radius 1 is 1.20 bits per heavy atom. The van der Waals surface area contributed by atoms with Crippen LogP contribution < -0.4 is 10.6 Å². The standard InChI is InChI=1S/C13H10ClF2N3O/c1-17-11-5-3-8(14)12(19-11)13(20)18-7-2-4-9(15)10(16)6-7/h2-6H,1H3,(H,17,19)(H,18,20). The third-order valence-electron chi connectivity index (χ3n) is 2.49. The van der Waals surface area contributed by atoms with Gasteiger partial charge in [-0.1, -0.05) is 11.6 Å². The van der Waals surface area contributed by atoms with Crippen molar-refractivity contribution in [3.63, 3.8) is 0 Å². The van der Waals surface area contributed by atoms with Gasteiger partial charge in [-0.2, -0.15) is 0 Å². The van der Waals surface area contributed by atoms with Gasteiger partial charge >= 0.3 is 0 Å². The second kappa shape index (κ2) is 5.83. The number of anilines is 2. The number of hydrogen-bond donors (Lipinski definition) is 2. The van der Waals surface area contributed by atoms with Crippen LogP contribution >= 0.6 is 11.6 Å². The number of carbonyl (C=O) groups excluding carboxylic acids is 1. The monoisotopic (exact) mass is 297 g/mol. The van der Waals surface area contributed by atoms with Crippen molar-refractivity contribution >= 4 is 29.0 Å². The summed E-state index contributed by atoms with van der Waals surface area (Å²) in [7, 11) is 1.65. The Labute approximate surface area is 118 Å². The summed E-state index contributed by atoms with van der Waals surface area (Å²) in [6.07, 6.45) is 0. The highest BCUT2D eigenvalue weighted by molar-refractivity contribution is 6.34. The van der Waals surface area contributed by atoms with E-state index in [-0.39, 0.29) is 16.4 Å². The molecule has 0 saturated carbocycles. The topological polar surface area (TPSA) is 54.0 Å². The lowest BCUT2D eigenvalue weighted by molar-refractivity contribution is 0.102. The van der Waals surface area contributed by atoms with Crippen molar-refractivity contribution in [2.75, 3.05) is 17.7 Å². The minimum Gasteiger partial charge on any atom is -0.373 e. The van der Waals surface area contributed by atoms with Gasteiger partial charge in [-0.15, -0.1) is 0 Å². The molecule has 0 radical (unpaired) electrons. The molecule has 0 bridgehead atoms. The fourth-order valence-electron chi connectivity index (χ4n) is 1.50. The maximum atomic E-state index is 13.1. The molecule has 1 aromatic heterocycles. The largest absolute Gasteiger partial charge is 0.373 e. The Hall–Kier alpha value is -2.21. The van der Waals surface area contributed by atoms with Crippen LogP contribution in [0.1, 0.15) is 10.5 Å². The van der Waals surface area contributed by atoms with Crippen LogP contribution in [0, 0.1) is 11.6 Å². The van der Waals surface area contributed by atoms with E-state index in [0.29, 0.717) is 5.82 Å². The number of hydrogen-bond acceptors (Lipinski definition) is 3. The number of aromatic nitrogens is 1. The number of nitrogens with one attached hydrogen (secondary N) is 2. The van der Waals surface area contributed by atoms with E-state index >= 15 is 0 Å². The molecular formula is C13H10ClF2N3O. The molecule has 0 saturated heterocycles. The Morgan fingerprint density at radius 2 is 1.95 bits per heavy atom. The molecule has 0 fully saturated rings. The van der Waals surface area contributed by atoms with Gasteiger partial charge in [0, 0.05) is 18.8 Å². The molecule has 1 amide bonds. The Balaban J connectivity index is 2.25. The fourth-order valence-corrected chi connectivity index (χ4v) is 1.70. The number of carbonyl (C=O) groups is 1. The summed E-state index contributed by atoms with van der Waals surface area (Å²) in [6.45, 7) is 0. The smallest absolute Gasteiger partial charge is 0.275 e. The molecule has 0 aliphatic rings. The Kier molecular flexibility index (Phi) is 4.14. The number of amides is 1. The quantitative estimate of drug-likeness (QED) is 0.914. The number of halogens is 3. The van der Waals surface area contributed by atoms with Crippen molar-refractivity contribution in [2.45, 2.75) is 0 Å². The SMILES string of the molecule is CNc1ccc(Cl)c(C(=O)Nc2ccc(F)c(F)c2)n1. The molecule has 2 rings (SSSR count). The molecule has 20 heavy (non-hydrogen) atoms. The highest BCUT2D eigenvalue weighted by atomic mass is 35.5. The first-order valence-electron chi connectivity index (χ1n) is 5.62. The molecule has 0 atom stereocenters. The minimum atomic E-state index is -1.05. The average Bonchev–Trinajstić information content (AvgIpc) is 2.43. The van der Waals surface area contributed by atoms with E-state index in [9.17, 15) is 13.6 Å². The van der Waals surface area contributed by atoms with E-state index in [1.54, 1.807) is 13.1 Å². The molecule has 1 heterocycles. The van der Waals surface area contributed by atoms with Gasteiger partial charge in [0.25, 0.3) is 5.91 Å². The number of pyridine rings is 1. The van der Waals surface area contributed by atoms with E-state index in [4.69, 9.17) is 11.6 Å². The minimum absolute atomic E-state index is 0.0109. The van der Waals surface area contributed by atoms with Crippen molar-refractivity contribution in [1.29, 1.82) is 0 Å². The van der Waals surface area contributed by atoms with Crippen LogP contribution in [0.3, 0.4) is 0 Å². The van der Waals surface area contributed by atoms with Crippen LogP contribution in [-0.4, -0.2) is 17.9 Å². The van der Waals surface area contributed by atoms with Crippen LogP contribution in [-0.2, 0) is 0 Å². The van der Waals surface area contributed by atoms with Gasteiger partial charge in [0.05, 0.1) is 5.02 Å². The van der Waals surface area contributed by atoms with Gasteiger partial charge in [0.15, 0.2) is 11.6 Å². The van der Waals surface area contributed by atoms with Gasteiger partial charge in [-0.05, 0) is 24.3 Å². The summed E-state index contributed by atoms with van der Waals surface area (Å²) >= 11 is 5.89. The summed E-state index contributed by atoms with van der Waals surface area (Å²) in [6, 6.07) is 6.16. The van der Waals surface area contributed by atoms with E-state index in [1.807, 2.05) is 0 Å². The van der Waals surface area contributed by atoms with E-state index in [2.05, 4.69) is 15.6 Å². The van der Waals surface area contributed by atoms with Crippen molar-refractivity contribution < 1.29 is 13.6 Å². The van der Waals surface area contributed by atoms with Gasteiger partial charge in [-0.25, -0.2) is 13.8 Å². The van der Waals surface area contributed by atoms with Gasteiger partial charge in [0.2, 0.25) is 0 Å². The summed E-state index contributed by atoms with van der Waals surface area (Å²) in [5.74, 6) is -2.19. The van der Waals surface area contributed by atoms with Crippen molar-refractivity contribution in [2.24, 2.45) is 0 Å². The molecule has 104 valence electrons. The predicted molar refractivity (Wildman–Crippen MR) is 73.1 cm³/mol. The summed E-state index contributed by atoms with van der Waals surface area (Å²) in [5.41, 5.74) is 0.102. The molecular weight excluding hydrogens is 288 g/mol. The second-order valence-corrected chi connectivity index (χ2v) is 4.27. The Morgan fingerprint density at radius 3 is 2.60 bits per heavy atom. The molecule has 0 spiro atoms.